The SMILES string of the molecule is CCc1cccc2ccn(CCc3ccccc3)c12. The zero-order valence-electron chi connectivity index (χ0n) is 11.3. The van der Waals surface area contributed by atoms with Gasteiger partial charge in [0.2, 0.25) is 0 Å². The minimum absolute atomic E-state index is 1.05. The number of nitrogens with zero attached hydrogens (tertiary/aromatic N) is 1. The summed E-state index contributed by atoms with van der Waals surface area (Å²) < 4.78 is 2.39. The van der Waals surface area contributed by atoms with E-state index < -0.39 is 0 Å². The average Bonchev–Trinajstić information content (AvgIpc) is 2.89. The smallest absolute Gasteiger partial charge is 0.0512 e. The molecule has 0 aliphatic carbocycles. The maximum absolute atomic E-state index is 2.39. The first-order chi connectivity index (χ1) is 9.38. The first-order valence-corrected chi connectivity index (χ1v) is 6.99. The summed E-state index contributed by atoms with van der Waals surface area (Å²) in [7, 11) is 0. The molecule has 0 saturated heterocycles. The van der Waals surface area contributed by atoms with Crippen LogP contribution in [0, 0.1) is 0 Å². The molecule has 1 heteroatoms. The van der Waals surface area contributed by atoms with Gasteiger partial charge in [-0.25, -0.2) is 0 Å². The average molecular weight is 249 g/mol. The van der Waals surface area contributed by atoms with Crippen molar-refractivity contribution >= 4 is 10.9 Å². The van der Waals surface area contributed by atoms with E-state index in [9.17, 15) is 0 Å². The van der Waals surface area contributed by atoms with Gasteiger partial charge >= 0.3 is 0 Å². The van der Waals surface area contributed by atoms with Gasteiger partial charge in [0, 0.05) is 12.7 Å². The third kappa shape index (κ3) is 2.41. The van der Waals surface area contributed by atoms with Crippen LogP contribution in [0.3, 0.4) is 0 Å². The van der Waals surface area contributed by atoms with Crippen molar-refractivity contribution in [2.24, 2.45) is 0 Å². The lowest BCUT2D eigenvalue weighted by atomic mass is 10.1. The third-order valence-electron chi connectivity index (χ3n) is 3.74. The Kier molecular flexibility index (Phi) is 3.37. The minimum atomic E-state index is 1.05. The lowest BCUT2D eigenvalue weighted by Gasteiger charge is -2.09. The van der Waals surface area contributed by atoms with E-state index in [-0.39, 0.29) is 0 Å². The van der Waals surface area contributed by atoms with Crippen LogP contribution >= 0.6 is 0 Å². The monoisotopic (exact) mass is 249 g/mol. The molecule has 0 aliphatic rings. The number of para-hydroxylation sites is 1. The van der Waals surface area contributed by atoms with E-state index in [2.05, 4.69) is 72.3 Å². The second-order valence-electron chi connectivity index (χ2n) is 4.95. The van der Waals surface area contributed by atoms with Gasteiger partial charge in [-0.1, -0.05) is 55.5 Å². The Morgan fingerprint density at radius 2 is 1.74 bits per heavy atom. The fourth-order valence-corrected chi connectivity index (χ4v) is 2.71. The fourth-order valence-electron chi connectivity index (χ4n) is 2.71. The molecule has 96 valence electrons. The molecular weight excluding hydrogens is 230 g/mol. The predicted octanol–water partition coefficient (Wildman–Crippen LogP) is 4.45. The highest BCUT2D eigenvalue weighted by molar-refractivity contribution is 5.83. The predicted molar refractivity (Wildman–Crippen MR) is 81.5 cm³/mol. The van der Waals surface area contributed by atoms with E-state index in [0.717, 1.165) is 19.4 Å². The molecule has 0 spiro atoms. The van der Waals surface area contributed by atoms with Crippen LogP contribution < -0.4 is 0 Å². The van der Waals surface area contributed by atoms with E-state index >= 15 is 0 Å². The van der Waals surface area contributed by atoms with E-state index in [4.69, 9.17) is 0 Å². The quantitative estimate of drug-likeness (QED) is 0.644. The van der Waals surface area contributed by atoms with Gasteiger partial charge in [-0.2, -0.15) is 0 Å². The standard InChI is InChI=1S/C18H19N/c1-2-16-9-6-10-17-12-14-19(18(16)17)13-11-15-7-4-3-5-8-15/h3-10,12,14H,2,11,13H2,1H3. The molecule has 0 bridgehead atoms. The zero-order chi connectivity index (χ0) is 13.1. The Morgan fingerprint density at radius 3 is 2.53 bits per heavy atom. The molecule has 0 amide bonds. The summed E-state index contributed by atoms with van der Waals surface area (Å²) in [6, 6.07) is 19.5. The van der Waals surface area contributed by atoms with Gasteiger partial charge in [0.15, 0.2) is 0 Å². The largest absolute Gasteiger partial charge is 0.347 e. The molecule has 19 heavy (non-hydrogen) atoms. The van der Waals surface area contributed by atoms with Gasteiger partial charge in [-0.05, 0) is 35.4 Å². The molecule has 1 heterocycles. The molecule has 1 aromatic heterocycles. The Morgan fingerprint density at radius 1 is 0.895 bits per heavy atom. The van der Waals surface area contributed by atoms with Gasteiger partial charge in [0.25, 0.3) is 0 Å². The van der Waals surface area contributed by atoms with Crippen molar-refractivity contribution in [3.05, 3.63) is 71.9 Å². The Bertz CT molecular complexity index is 664. The van der Waals surface area contributed by atoms with Crippen molar-refractivity contribution in [3.63, 3.8) is 0 Å². The number of hydrogen-bond donors (Lipinski definition) is 0. The Balaban J connectivity index is 1.89. The summed E-state index contributed by atoms with van der Waals surface area (Å²) in [5.41, 5.74) is 4.25. The Hall–Kier alpha value is -2.02. The van der Waals surface area contributed by atoms with Crippen molar-refractivity contribution in [3.8, 4) is 0 Å². The summed E-state index contributed by atoms with van der Waals surface area (Å²) >= 11 is 0. The van der Waals surface area contributed by atoms with Crippen LogP contribution in [-0.2, 0) is 19.4 Å². The number of fused-ring (bicyclic) bond motifs is 1. The highest BCUT2D eigenvalue weighted by Gasteiger charge is 2.05. The summed E-state index contributed by atoms with van der Waals surface area (Å²) in [4.78, 5) is 0. The van der Waals surface area contributed by atoms with Crippen LogP contribution in [-0.4, -0.2) is 4.57 Å². The minimum Gasteiger partial charge on any atom is -0.347 e. The van der Waals surface area contributed by atoms with Crippen LogP contribution in [0.4, 0.5) is 0 Å². The molecule has 1 nitrogen and oxygen atoms in total. The van der Waals surface area contributed by atoms with Crippen LogP contribution in [0.25, 0.3) is 10.9 Å². The van der Waals surface area contributed by atoms with Gasteiger partial charge in [0.1, 0.15) is 0 Å². The molecule has 0 N–H and O–H groups in total. The van der Waals surface area contributed by atoms with Crippen molar-refractivity contribution in [2.75, 3.05) is 0 Å². The van der Waals surface area contributed by atoms with E-state index in [1.165, 1.54) is 22.0 Å². The summed E-state index contributed by atoms with van der Waals surface area (Å²) in [6.07, 6.45) is 4.39. The van der Waals surface area contributed by atoms with Gasteiger partial charge in [-0.3, -0.25) is 0 Å². The van der Waals surface area contributed by atoms with E-state index in [1.807, 2.05) is 0 Å². The first kappa shape index (κ1) is 12.0. The number of aryl methyl sites for hydroxylation is 3. The first-order valence-electron chi connectivity index (χ1n) is 6.99. The van der Waals surface area contributed by atoms with Crippen molar-refractivity contribution in [1.29, 1.82) is 0 Å². The summed E-state index contributed by atoms with van der Waals surface area (Å²) in [5.74, 6) is 0. The van der Waals surface area contributed by atoms with Crippen LogP contribution in [0.1, 0.15) is 18.1 Å². The summed E-state index contributed by atoms with van der Waals surface area (Å²) in [5, 5.41) is 1.35. The van der Waals surface area contributed by atoms with Crippen molar-refractivity contribution < 1.29 is 0 Å². The number of benzene rings is 2. The molecule has 0 unspecified atom stereocenters. The van der Waals surface area contributed by atoms with Crippen molar-refractivity contribution in [2.45, 2.75) is 26.3 Å². The van der Waals surface area contributed by atoms with Crippen LogP contribution in [0.15, 0.2) is 60.8 Å². The van der Waals surface area contributed by atoms with Gasteiger partial charge in [0.05, 0.1) is 5.52 Å². The van der Waals surface area contributed by atoms with Crippen LogP contribution in [0.5, 0.6) is 0 Å². The normalized spacial score (nSPS) is 11.0. The van der Waals surface area contributed by atoms with E-state index in [1.54, 1.807) is 0 Å². The molecule has 0 saturated carbocycles. The van der Waals surface area contributed by atoms with Crippen molar-refractivity contribution in [1.82, 2.24) is 4.57 Å². The van der Waals surface area contributed by atoms with Gasteiger partial charge in [-0.15, -0.1) is 0 Å². The lowest BCUT2D eigenvalue weighted by molar-refractivity contribution is 0.720. The number of rotatable bonds is 4. The lowest BCUT2D eigenvalue weighted by Crippen LogP contribution is -2.01. The molecule has 0 aliphatic heterocycles. The van der Waals surface area contributed by atoms with Gasteiger partial charge < -0.3 is 4.57 Å². The second-order valence-corrected chi connectivity index (χ2v) is 4.95. The molecule has 0 atom stereocenters. The maximum Gasteiger partial charge on any atom is 0.0512 e. The number of aromatic nitrogens is 1. The topological polar surface area (TPSA) is 4.93 Å². The second kappa shape index (κ2) is 5.31. The molecule has 2 aromatic carbocycles. The third-order valence-corrected chi connectivity index (χ3v) is 3.74. The summed E-state index contributed by atoms with van der Waals surface area (Å²) in [6.45, 7) is 3.27. The zero-order valence-corrected chi connectivity index (χ0v) is 11.3. The molecular formula is C18H19N. The molecule has 0 radical (unpaired) electrons. The number of hydrogen-bond acceptors (Lipinski definition) is 0. The Labute approximate surface area is 114 Å². The fraction of sp³-hybridized carbons (Fsp3) is 0.222. The van der Waals surface area contributed by atoms with E-state index in [0.29, 0.717) is 0 Å². The molecule has 3 rings (SSSR count). The molecule has 0 fully saturated rings. The molecule has 3 aromatic rings. The maximum atomic E-state index is 2.39. The van der Waals surface area contributed by atoms with Crippen LogP contribution in [0.2, 0.25) is 0 Å². The highest BCUT2D eigenvalue weighted by atomic mass is 14.9. The highest BCUT2D eigenvalue weighted by Crippen LogP contribution is 2.21.